The highest BCUT2D eigenvalue weighted by molar-refractivity contribution is 4.78. The van der Waals surface area contributed by atoms with Crippen molar-refractivity contribution in [2.24, 2.45) is 11.1 Å². The molecule has 1 heterocycles. The summed E-state index contributed by atoms with van der Waals surface area (Å²) in [7, 11) is 0. The topological polar surface area (TPSA) is 29.3 Å². The molecule has 1 fully saturated rings. The molecule has 0 aromatic carbocycles. The average Bonchev–Trinajstić information content (AvgIpc) is 2.31. The van der Waals surface area contributed by atoms with Crippen molar-refractivity contribution in [3.63, 3.8) is 0 Å². The Labute approximate surface area is 82.5 Å². The van der Waals surface area contributed by atoms with Gasteiger partial charge in [-0.25, -0.2) is 0 Å². The summed E-state index contributed by atoms with van der Waals surface area (Å²) in [5.41, 5.74) is 6.17. The average molecular weight is 184 g/mol. The summed E-state index contributed by atoms with van der Waals surface area (Å²) < 4.78 is 0. The molecular weight excluding hydrogens is 160 g/mol. The van der Waals surface area contributed by atoms with E-state index < -0.39 is 0 Å². The largest absolute Gasteiger partial charge is 0.329 e. The minimum absolute atomic E-state index is 0.601. The van der Waals surface area contributed by atoms with Crippen LogP contribution >= 0.6 is 0 Å². The Kier molecular flexibility index (Phi) is 4.20. The van der Waals surface area contributed by atoms with Crippen molar-refractivity contribution >= 4 is 0 Å². The van der Waals surface area contributed by atoms with Crippen molar-refractivity contribution in [3.8, 4) is 0 Å². The summed E-state index contributed by atoms with van der Waals surface area (Å²) in [6, 6.07) is 0. The normalized spacial score (nSPS) is 31.6. The predicted octanol–water partition coefficient (Wildman–Crippen LogP) is 1.85. The molecule has 0 amide bonds. The molecule has 1 saturated heterocycles. The molecule has 13 heavy (non-hydrogen) atoms. The molecule has 1 aliphatic heterocycles. The Morgan fingerprint density at radius 1 is 1.31 bits per heavy atom. The van der Waals surface area contributed by atoms with E-state index >= 15 is 0 Å². The quantitative estimate of drug-likeness (QED) is 0.725. The van der Waals surface area contributed by atoms with Crippen LogP contribution in [0.2, 0.25) is 0 Å². The van der Waals surface area contributed by atoms with E-state index in [1.165, 1.54) is 38.8 Å². The summed E-state index contributed by atoms with van der Waals surface area (Å²) in [6.45, 7) is 9.15. The number of likely N-dealkylation sites (tertiary alicyclic amines) is 1. The van der Waals surface area contributed by atoms with Gasteiger partial charge in [0.05, 0.1) is 0 Å². The molecule has 2 N–H and O–H groups in total. The van der Waals surface area contributed by atoms with E-state index in [4.69, 9.17) is 5.73 Å². The molecule has 0 saturated carbocycles. The lowest BCUT2D eigenvalue weighted by Gasteiger charge is -2.26. The molecule has 0 aliphatic carbocycles. The summed E-state index contributed by atoms with van der Waals surface area (Å²) in [6.07, 6.45) is 5.42. The predicted molar refractivity (Wildman–Crippen MR) is 57.7 cm³/mol. The zero-order chi connectivity index (χ0) is 9.73. The molecule has 1 unspecified atom stereocenters. The van der Waals surface area contributed by atoms with E-state index in [1.807, 2.05) is 0 Å². The standard InChI is InChI=1S/C11H24N2/c1-3-11(2)5-4-8-13(9-6-11)10-7-12/h3-10,12H2,1-2H3. The van der Waals surface area contributed by atoms with Crippen molar-refractivity contribution in [2.45, 2.75) is 39.5 Å². The number of nitrogens with zero attached hydrogens (tertiary/aromatic N) is 1. The molecule has 0 aromatic rings. The molecule has 1 rings (SSSR count). The second-order valence-corrected chi connectivity index (χ2v) is 4.65. The molecule has 0 aromatic heterocycles. The van der Waals surface area contributed by atoms with E-state index in [0.29, 0.717) is 5.41 Å². The SMILES string of the molecule is CCC1(C)CCCN(CCN)CC1. The van der Waals surface area contributed by atoms with Gasteiger partial charge in [-0.05, 0) is 37.8 Å². The van der Waals surface area contributed by atoms with Crippen molar-refractivity contribution in [1.82, 2.24) is 4.90 Å². The van der Waals surface area contributed by atoms with Crippen LogP contribution in [-0.2, 0) is 0 Å². The van der Waals surface area contributed by atoms with E-state index in [2.05, 4.69) is 18.7 Å². The van der Waals surface area contributed by atoms with E-state index in [1.54, 1.807) is 0 Å². The zero-order valence-corrected chi connectivity index (χ0v) is 9.18. The highest BCUT2D eigenvalue weighted by Crippen LogP contribution is 2.33. The number of hydrogen-bond donors (Lipinski definition) is 1. The van der Waals surface area contributed by atoms with Crippen LogP contribution in [0.15, 0.2) is 0 Å². The van der Waals surface area contributed by atoms with Gasteiger partial charge >= 0.3 is 0 Å². The first-order chi connectivity index (χ1) is 6.20. The van der Waals surface area contributed by atoms with Gasteiger partial charge in [0, 0.05) is 13.1 Å². The highest BCUT2D eigenvalue weighted by atomic mass is 15.1. The van der Waals surface area contributed by atoms with Crippen LogP contribution in [0, 0.1) is 5.41 Å². The van der Waals surface area contributed by atoms with Gasteiger partial charge in [-0.15, -0.1) is 0 Å². The van der Waals surface area contributed by atoms with Gasteiger partial charge in [0.25, 0.3) is 0 Å². The minimum atomic E-state index is 0.601. The summed E-state index contributed by atoms with van der Waals surface area (Å²) >= 11 is 0. The highest BCUT2D eigenvalue weighted by Gasteiger charge is 2.25. The summed E-state index contributed by atoms with van der Waals surface area (Å²) in [5, 5.41) is 0. The van der Waals surface area contributed by atoms with Crippen LogP contribution in [0.4, 0.5) is 0 Å². The first kappa shape index (κ1) is 11.0. The van der Waals surface area contributed by atoms with Crippen molar-refractivity contribution in [3.05, 3.63) is 0 Å². The molecular formula is C11H24N2. The molecule has 0 bridgehead atoms. The first-order valence-corrected chi connectivity index (χ1v) is 5.62. The summed E-state index contributed by atoms with van der Waals surface area (Å²) in [5.74, 6) is 0. The minimum Gasteiger partial charge on any atom is -0.329 e. The van der Waals surface area contributed by atoms with Crippen LogP contribution in [0.3, 0.4) is 0 Å². The second-order valence-electron chi connectivity index (χ2n) is 4.65. The van der Waals surface area contributed by atoms with Gasteiger partial charge in [-0.1, -0.05) is 20.3 Å². The Morgan fingerprint density at radius 3 is 2.69 bits per heavy atom. The van der Waals surface area contributed by atoms with Gasteiger partial charge in [0.15, 0.2) is 0 Å². The van der Waals surface area contributed by atoms with E-state index in [0.717, 1.165) is 13.1 Å². The fourth-order valence-corrected chi connectivity index (χ4v) is 2.15. The number of rotatable bonds is 3. The third-order valence-corrected chi connectivity index (χ3v) is 3.59. The second kappa shape index (κ2) is 4.97. The molecule has 0 spiro atoms. The van der Waals surface area contributed by atoms with Gasteiger partial charge in [-0.3, -0.25) is 0 Å². The van der Waals surface area contributed by atoms with Crippen LogP contribution in [0.25, 0.3) is 0 Å². The van der Waals surface area contributed by atoms with Gasteiger partial charge in [0.2, 0.25) is 0 Å². The van der Waals surface area contributed by atoms with E-state index in [9.17, 15) is 0 Å². The first-order valence-electron chi connectivity index (χ1n) is 5.62. The maximum atomic E-state index is 5.57. The molecule has 1 atom stereocenters. The maximum absolute atomic E-state index is 5.57. The molecule has 2 nitrogen and oxygen atoms in total. The van der Waals surface area contributed by atoms with Crippen molar-refractivity contribution < 1.29 is 0 Å². The molecule has 78 valence electrons. The lowest BCUT2D eigenvalue weighted by molar-refractivity contribution is 0.245. The van der Waals surface area contributed by atoms with E-state index in [-0.39, 0.29) is 0 Å². The lowest BCUT2D eigenvalue weighted by atomic mass is 9.80. The molecule has 1 aliphatic rings. The Morgan fingerprint density at radius 2 is 2.08 bits per heavy atom. The Hall–Kier alpha value is -0.0800. The molecule has 2 heteroatoms. The number of hydrogen-bond acceptors (Lipinski definition) is 2. The van der Waals surface area contributed by atoms with Crippen molar-refractivity contribution in [1.29, 1.82) is 0 Å². The fourth-order valence-electron chi connectivity index (χ4n) is 2.15. The third kappa shape index (κ3) is 3.28. The lowest BCUT2D eigenvalue weighted by Crippen LogP contribution is -2.30. The van der Waals surface area contributed by atoms with Gasteiger partial charge in [0.1, 0.15) is 0 Å². The van der Waals surface area contributed by atoms with Crippen LogP contribution in [-0.4, -0.2) is 31.1 Å². The van der Waals surface area contributed by atoms with Crippen LogP contribution < -0.4 is 5.73 Å². The van der Waals surface area contributed by atoms with Crippen LogP contribution in [0.1, 0.15) is 39.5 Å². The fraction of sp³-hybridized carbons (Fsp3) is 1.00. The molecule has 0 radical (unpaired) electrons. The smallest absolute Gasteiger partial charge is 0.0105 e. The monoisotopic (exact) mass is 184 g/mol. The van der Waals surface area contributed by atoms with Gasteiger partial charge in [-0.2, -0.15) is 0 Å². The Balaban J connectivity index is 2.39. The maximum Gasteiger partial charge on any atom is 0.0105 e. The number of nitrogens with two attached hydrogens (primary N) is 1. The van der Waals surface area contributed by atoms with Crippen LogP contribution in [0.5, 0.6) is 0 Å². The Bertz CT molecular complexity index is 147. The summed E-state index contributed by atoms with van der Waals surface area (Å²) in [4.78, 5) is 2.51. The zero-order valence-electron chi connectivity index (χ0n) is 9.18. The third-order valence-electron chi connectivity index (χ3n) is 3.59. The van der Waals surface area contributed by atoms with Gasteiger partial charge < -0.3 is 10.6 Å². The van der Waals surface area contributed by atoms with Crippen molar-refractivity contribution in [2.75, 3.05) is 26.2 Å².